The SMILES string of the molecule is Oc1c(C=Nc2ccc(Cl)cc2P(c2ccccc2)c2ccccc2)cccc1-c1ccccc1. The van der Waals surface area contributed by atoms with Gasteiger partial charge >= 0.3 is 0 Å². The third-order valence-electron chi connectivity index (χ3n) is 5.70. The number of para-hydroxylation sites is 1. The standard InChI is InChI=1S/C31H23ClNOP/c32-25-19-20-29(33-22-24-13-10-18-28(31(24)34)23-11-4-1-5-12-23)30(21-25)35(26-14-6-2-7-15-26)27-16-8-3-9-17-27/h1-22,34H. The molecule has 0 bridgehead atoms. The van der Waals surface area contributed by atoms with Crippen LogP contribution in [0.15, 0.2) is 132 Å². The van der Waals surface area contributed by atoms with Gasteiger partial charge in [-0.25, -0.2) is 0 Å². The zero-order valence-corrected chi connectivity index (χ0v) is 20.6. The Morgan fingerprint density at radius 1 is 0.657 bits per heavy atom. The summed E-state index contributed by atoms with van der Waals surface area (Å²) in [4.78, 5) is 4.86. The number of rotatable bonds is 6. The molecule has 0 aromatic heterocycles. The van der Waals surface area contributed by atoms with Gasteiger partial charge in [0.2, 0.25) is 0 Å². The maximum Gasteiger partial charge on any atom is 0.132 e. The second kappa shape index (κ2) is 10.7. The molecule has 0 saturated carbocycles. The lowest BCUT2D eigenvalue weighted by molar-refractivity contribution is 0.476. The third-order valence-corrected chi connectivity index (χ3v) is 8.41. The highest BCUT2D eigenvalue weighted by molar-refractivity contribution is 7.80. The van der Waals surface area contributed by atoms with Crippen LogP contribution in [-0.2, 0) is 0 Å². The smallest absolute Gasteiger partial charge is 0.132 e. The molecule has 5 aromatic rings. The number of hydrogen-bond acceptors (Lipinski definition) is 2. The minimum absolute atomic E-state index is 0.214. The summed E-state index contributed by atoms with van der Waals surface area (Å²) in [6.45, 7) is 0. The summed E-state index contributed by atoms with van der Waals surface area (Å²) in [6, 6.07) is 42.4. The average molecular weight is 492 g/mol. The van der Waals surface area contributed by atoms with Crippen LogP contribution in [0.2, 0.25) is 5.02 Å². The Bertz CT molecular complexity index is 1410. The summed E-state index contributed by atoms with van der Waals surface area (Å²) in [5, 5.41) is 15.2. The average Bonchev–Trinajstić information content (AvgIpc) is 2.91. The van der Waals surface area contributed by atoms with Crippen LogP contribution in [0, 0.1) is 0 Å². The van der Waals surface area contributed by atoms with E-state index < -0.39 is 7.92 Å². The number of phenols is 1. The first-order chi connectivity index (χ1) is 17.2. The molecule has 5 rings (SSSR count). The van der Waals surface area contributed by atoms with Crippen molar-refractivity contribution in [1.82, 2.24) is 0 Å². The first-order valence-electron chi connectivity index (χ1n) is 11.3. The Labute approximate surface area is 212 Å². The predicted molar refractivity (Wildman–Crippen MR) is 151 cm³/mol. The van der Waals surface area contributed by atoms with Crippen molar-refractivity contribution in [3.05, 3.63) is 138 Å². The van der Waals surface area contributed by atoms with E-state index in [1.165, 1.54) is 10.6 Å². The summed E-state index contributed by atoms with van der Waals surface area (Å²) in [5.41, 5.74) is 3.24. The van der Waals surface area contributed by atoms with Gasteiger partial charge < -0.3 is 5.11 Å². The van der Waals surface area contributed by atoms with Crippen molar-refractivity contribution >= 4 is 47.3 Å². The van der Waals surface area contributed by atoms with E-state index in [9.17, 15) is 5.11 Å². The molecule has 5 aromatic carbocycles. The molecule has 2 nitrogen and oxygen atoms in total. The molecule has 0 unspecified atom stereocenters. The predicted octanol–water partition coefficient (Wildman–Crippen LogP) is 7.22. The Morgan fingerprint density at radius 3 is 1.89 bits per heavy atom. The van der Waals surface area contributed by atoms with Gasteiger partial charge in [0.05, 0.1) is 5.69 Å². The van der Waals surface area contributed by atoms with Gasteiger partial charge in [-0.1, -0.05) is 115 Å². The first kappa shape index (κ1) is 23.1. The van der Waals surface area contributed by atoms with Crippen LogP contribution < -0.4 is 15.9 Å². The van der Waals surface area contributed by atoms with Crippen molar-refractivity contribution in [2.24, 2.45) is 4.99 Å². The van der Waals surface area contributed by atoms with Gasteiger partial charge in [0.1, 0.15) is 5.75 Å². The second-order valence-corrected chi connectivity index (χ2v) is 10.6. The molecule has 0 heterocycles. The highest BCUT2D eigenvalue weighted by Crippen LogP contribution is 2.38. The third kappa shape index (κ3) is 5.20. The zero-order chi connectivity index (χ0) is 24.0. The zero-order valence-electron chi connectivity index (χ0n) is 18.9. The fourth-order valence-electron chi connectivity index (χ4n) is 4.02. The van der Waals surface area contributed by atoms with E-state index in [1.54, 1.807) is 6.21 Å². The number of nitrogens with zero attached hydrogens (tertiary/aromatic N) is 1. The lowest BCUT2D eigenvalue weighted by atomic mass is 10.0. The molecular weight excluding hydrogens is 469 g/mol. The largest absolute Gasteiger partial charge is 0.507 e. The highest BCUT2D eigenvalue weighted by atomic mass is 35.5. The van der Waals surface area contributed by atoms with Crippen LogP contribution in [0.3, 0.4) is 0 Å². The van der Waals surface area contributed by atoms with Crippen molar-refractivity contribution in [2.75, 3.05) is 0 Å². The number of hydrogen-bond donors (Lipinski definition) is 1. The normalized spacial score (nSPS) is 11.3. The van der Waals surface area contributed by atoms with Gasteiger partial charge in [-0.3, -0.25) is 4.99 Å². The van der Waals surface area contributed by atoms with Gasteiger partial charge in [-0.2, -0.15) is 0 Å². The molecule has 170 valence electrons. The number of halogens is 1. The number of aromatic hydroxyl groups is 1. The number of phenolic OH excluding ortho intramolecular Hbond substituents is 1. The van der Waals surface area contributed by atoms with Crippen LogP contribution in [0.1, 0.15) is 5.56 Å². The molecule has 0 aliphatic rings. The van der Waals surface area contributed by atoms with Crippen molar-refractivity contribution < 1.29 is 5.11 Å². The fraction of sp³-hybridized carbons (Fsp3) is 0. The van der Waals surface area contributed by atoms with E-state index >= 15 is 0 Å². The number of aliphatic imine (C=N–C) groups is 1. The molecule has 35 heavy (non-hydrogen) atoms. The van der Waals surface area contributed by atoms with Gasteiger partial charge in [0, 0.05) is 27.7 Å². The summed E-state index contributed by atoms with van der Waals surface area (Å²) in [7, 11) is -0.874. The van der Waals surface area contributed by atoms with Crippen molar-refractivity contribution in [1.29, 1.82) is 0 Å². The maximum atomic E-state index is 11.0. The fourth-order valence-corrected chi connectivity index (χ4v) is 6.69. The summed E-state index contributed by atoms with van der Waals surface area (Å²) < 4.78 is 0. The van der Waals surface area contributed by atoms with Crippen LogP contribution >= 0.6 is 19.5 Å². The van der Waals surface area contributed by atoms with Gasteiger partial charge in [0.15, 0.2) is 0 Å². The minimum Gasteiger partial charge on any atom is -0.507 e. The molecule has 0 saturated heterocycles. The molecule has 1 N–H and O–H groups in total. The Kier molecular flexibility index (Phi) is 7.04. The second-order valence-electron chi connectivity index (χ2n) is 8.01. The molecule has 0 atom stereocenters. The molecule has 0 amide bonds. The maximum absolute atomic E-state index is 11.0. The van der Waals surface area contributed by atoms with Gasteiger partial charge in [-0.15, -0.1) is 0 Å². The molecule has 0 spiro atoms. The lowest BCUT2D eigenvalue weighted by Crippen LogP contribution is -2.21. The van der Waals surface area contributed by atoms with E-state index in [4.69, 9.17) is 16.6 Å². The molecule has 0 aliphatic carbocycles. The molecular formula is C31H23ClNOP. The summed E-state index contributed by atoms with van der Waals surface area (Å²) >= 11 is 6.49. The molecule has 0 fully saturated rings. The lowest BCUT2D eigenvalue weighted by Gasteiger charge is -2.21. The summed E-state index contributed by atoms with van der Waals surface area (Å²) in [5.74, 6) is 0.214. The molecule has 4 heteroatoms. The Hall–Kier alpha value is -3.71. The Balaban J connectivity index is 1.59. The van der Waals surface area contributed by atoms with Gasteiger partial charge in [0.25, 0.3) is 0 Å². The van der Waals surface area contributed by atoms with Crippen molar-refractivity contribution in [3.63, 3.8) is 0 Å². The van der Waals surface area contributed by atoms with E-state index in [0.29, 0.717) is 10.6 Å². The molecule has 0 aliphatic heterocycles. The van der Waals surface area contributed by atoms with Crippen LogP contribution in [0.5, 0.6) is 5.75 Å². The van der Waals surface area contributed by atoms with Crippen molar-refractivity contribution in [2.45, 2.75) is 0 Å². The van der Waals surface area contributed by atoms with Crippen LogP contribution in [-0.4, -0.2) is 11.3 Å². The monoisotopic (exact) mass is 491 g/mol. The molecule has 0 radical (unpaired) electrons. The minimum atomic E-state index is -0.874. The number of benzene rings is 5. The first-order valence-corrected chi connectivity index (χ1v) is 13.0. The van der Waals surface area contributed by atoms with E-state index in [0.717, 1.165) is 22.1 Å². The van der Waals surface area contributed by atoms with E-state index in [1.807, 2.05) is 78.9 Å². The van der Waals surface area contributed by atoms with Crippen molar-refractivity contribution in [3.8, 4) is 16.9 Å². The van der Waals surface area contributed by atoms with E-state index in [-0.39, 0.29) is 5.75 Å². The van der Waals surface area contributed by atoms with Crippen LogP contribution in [0.25, 0.3) is 11.1 Å². The summed E-state index contributed by atoms with van der Waals surface area (Å²) in [6.07, 6.45) is 1.73. The topological polar surface area (TPSA) is 32.6 Å². The Morgan fingerprint density at radius 2 is 1.26 bits per heavy atom. The highest BCUT2D eigenvalue weighted by Gasteiger charge is 2.20. The van der Waals surface area contributed by atoms with Gasteiger partial charge in [-0.05, 0) is 48.4 Å². The quantitative estimate of drug-likeness (QED) is 0.197. The van der Waals surface area contributed by atoms with E-state index in [2.05, 4.69) is 48.5 Å². The van der Waals surface area contributed by atoms with Crippen LogP contribution in [0.4, 0.5) is 5.69 Å².